The maximum atomic E-state index is 10.3. The zero-order valence-corrected chi connectivity index (χ0v) is 17.8. The number of aromatic nitrogens is 2. The smallest absolute Gasteiger partial charge is 0.238 e. The highest BCUT2D eigenvalue weighted by Gasteiger charge is 2.45. The molecule has 0 spiro atoms. The van der Waals surface area contributed by atoms with Crippen LogP contribution in [-0.2, 0) is 11.2 Å². The monoisotopic (exact) mass is 420 g/mol. The van der Waals surface area contributed by atoms with Crippen molar-refractivity contribution in [3.63, 3.8) is 0 Å². The molecule has 2 heterocycles. The highest BCUT2D eigenvalue weighted by molar-refractivity contribution is 5.38. The first-order valence-electron chi connectivity index (χ1n) is 10.4. The standard InChI is InChI=1S/C22H32N2O6/c1-11(2)14-7-5-13(6-8-14)9-15-17(12(3)4)23-24-21(15)30-22-20(28)19(27)18(26)16(10-25)29-22/h5-8,11-12,16,18-20,22,25-28H,9-10H2,1-4H3,(H,23,24)/t16-,18-,19+,20-,22+/m1/s1. The summed E-state index contributed by atoms with van der Waals surface area (Å²) in [6.45, 7) is 7.85. The van der Waals surface area contributed by atoms with Crippen LogP contribution in [0.15, 0.2) is 24.3 Å². The van der Waals surface area contributed by atoms with Crippen LogP contribution in [0.3, 0.4) is 0 Å². The van der Waals surface area contributed by atoms with E-state index in [1.54, 1.807) is 0 Å². The second kappa shape index (κ2) is 9.45. The van der Waals surface area contributed by atoms with Crippen LogP contribution in [0, 0.1) is 0 Å². The summed E-state index contributed by atoms with van der Waals surface area (Å²) in [5, 5.41) is 46.9. The Labute approximate surface area is 176 Å². The van der Waals surface area contributed by atoms with Crippen LogP contribution in [0.5, 0.6) is 5.88 Å². The van der Waals surface area contributed by atoms with Crippen molar-refractivity contribution in [1.82, 2.24) is 10.2 Å². The molecule has 1 saturated heterocycles. The number of rotatable bonds is 7. The van der Waals surface area contributed by atoms with Crippen molar-refractivity contribution < 1.29 is 29.9 Å². The van der Waals surface area contributed by atoms with E-state index in [0.717, 1.165) is 16.8 Å². The molecule has 1 aliphatic heterocycles. The summed E-state index contributed by atoms with van der Waals surface area (Å²) in [4.78, 5) is 0. The highest BCUT2D eigenvalue weighted by atomic mass is 16.7. The lowest BCUT2D eigenvalue weighted by molar-refractivity contribution is -0.278. The summed E-state index contributed by atoms with van der Waals surface area (Å²) in [5.74, 6) is 0.870. The molecule has 166 valence electrons. The van der Waals surface area contributed by atoms with Crippen LogP contribution in [0.1, 0.15) is 61.9 Å². The van der Waals surface area contributed by atoms with E-state index in [4.69, 9.17) is 9.47 Å². The molecule has 8 heteroatoms. The minimum Gasteiger partial charge on any atom is -0.443 e. The van der Waals surface area contributed by atoms with Gasteiger partial charge in [0.15, 0.2) is 0 Å². The molecular formula is C22H32N2O6. The summed E-state index contributed by atoms with van der Waals surface area (Å²) < 4.78 is 11.3. The summed E-state index contributed by atoms with van der Waals surface area (Å²) in [7, 11) is 0. The number of aliphatic hydroxyl groups excluding tert-OH is 4. The first-order chi connectivity index (χ1) is 14.2. The van der Waals surface area contributed by atoms with E-state index in [0.29, 0.717) is 12.3 Å². The minimum atomic E-state index is -1.50. The molecular weight excluding hydrogens is 388 g/mol. The number of nitrogens with one attached hydrogen (secondary N) is 1. The number of H-pyrrole nitrogens is 1. The van der Waals surface area contributed by atoms with Crippen molar-refractivity contribution in [3.8, 4) is 5.88 Å². The van der Waals surface area contributed by atoms with Crippen molar-refractivity contribution in [3.05, 3.63) is 46.6 Å². The number of ether oxygens (including phenoxy) is 2. The number of hydrogen-bond donors (Lipinski definition) is 5. The van der Waals surface area contributed by atoms with Gasteiger partial charge in [0.2, 0.25) is 12.2 Å². The van der Waals surface area contributed by atoms with E-state index in [2.05, 4.69) is 48.3 Å². The van der Waals surface area contributed by atoms with Gasteiger partial charge in [0.1, 0.15) is 24.4 Å². The zero-order valence-electron chi connectivity index (χ0n) is 17.8. The molecule has 8 nitrogen and oxygen atoms in total. The first-order valence-corrected chi connectivity index (χ1v) is 10.4. The van der Waals surface area contributed by atoms with Gasteiger partial charge in [-0.15, -0.1) is 5.10 Å². The van der Waals surface area contributed by atoms with Crippen LogP contribution < -0.4 is 4.74 Å². The Morgan fingerprint density at radius 2 is 1.67 bits per heavy atom. The first kappa shape index (κ1) is 22.7. The largest absolute Gasteiger partial charge is 0.443 e. The molecule has 3 rings (SSSR count). The quantitative estimate of drug-likeness (QED) is 0.458. The molecule has 0 bridgehead atoms. The predicted octanol–water partition coefficient (Wildman–Crippen LogP) is 1.43. The van der Waals surface area contributed by atoms with Crippen molar-refractivity contribution in [1.29, 1.82) is 0 Å². The lowest BCUT2D eigenvalue weighted by atomic mass is 9.96. The van der Waals surface area contributed by atoms with Crippen molar-refractivity contribution >= 4 is 0 Å². The Hall–Kier alpha value is -1.97. The number of hydrogen-bond acceptors (Lipinski definition) is 7. The van der Waals surface area contributed by atoms with E-state index in [1.807, 2.05) is 13.8 Å². The summed E-state index contributed by atoms with van der Waals surface area (Å²) in [5.41, 5.74) is 4.08. The Morgan fingerprint density at radius 1 is 1.00 bits per heavy atom. The van der Waals surface area contributed by atoms with Gasteiger partial charge in [0, 0.05) is 17.7 Å². The lowest BCUT2D eigenvalue weighted by Gasteiger charge is -2.39. The Bertz CT molecular complexity index is 818. The van der Waals surface area contributed by atoms with Gasteiger partial charge < -0.3 is 29.9 Å². The fourth-order valence-corrected chi connectivity index (χ4v) is 3.61. The summed E-state index contributed by atoms with van der Waals surface area (Å²) in [6, 6.07) is 8.36. The topological polar surface area (TPSA) is 128 Å². The SMILES string of the molecule is CC(C)c1ccc(Cc2c(O[C@@H]3O[C@H](CO)[C@@H](O)[C@H](O)[C@H]3O)n[nH]c2C(C)C)cc1. The van der Waals surface area contributed by atoms with Crippen molar-refractivity contribution in [2.75, 3.05) is 6.61 Å². The van der Waals surface area contributed by atoms with Crippen LogP contribution in [0.25, 0.3) is 0 Å². The average Bonchev–Trinajstić information content (AvgIpc) is 3.11. The number of benzene rings is 1. The molecule has 30 heavy (non-hydrogen) atoms. The Kier molecular flexibility index (Phi) is 7.15. The molecule has 1 aromatic carbocycles. The van der Waals surface area contributed by atoms with Crippen LogP contribution >= 0.6 is 0 Å². The van der Waals surface area contributed by atoms with Crippen LogP contribution in [-0.4, -0.2) is 67.9 Å². The average molecular weight is 421 g/mol. The fourth-order valence-electron chi connectivity index (χ4n) is 3.61. The van der Waals surface area contributed by atoms with E-state index in [9.17, 15) is 20.4 Å². The molecule has 1 fully saturated rings. The molecule has 1 aliphatic rings. The third kappa shape index (κ3) is 4.68. The van der Waals surface area contributed by atoms with E-state index >= 15 is 0 Å². The van der Waals surface area contributed by atoms with Gasteiger partial charge in [-0.05, 0) is 23.0 Å². The maximum absolute atomic E-state index is 10.3. The van der Waals surface area contributed by atoms with E-state index in [-0.39, 0.29) is 11.8 Å². The van der Waals surface area contributed by atoms with Gasteiger partial charge >= 0.3 is 0 Å². The van der Waals surface area contributed by atoms with Gasteiger partial charge in [-0.3, -0.25) is 5.10 Å². The molecule has 2 aromatic rings. The number of aromatic amines is 1. The van der Waals surface area contributed by atoms with Gasteiger partial charge in [-0.25, -0.2) is 0 Å². The lowest BCUT2D eigenvalue weighted by Crippen LogP contribution is -2.60. The minimum absolute atomic E-state index is 0.162. The molecule has 0 aliphatic carbocycles. The second-order valence-electron chi connectivity index (χ2n) is 8.46. The highest BCUT2D eigenvalue weighted by Crippen LogP contribution is 2.31. The van der Waals surface area contributed by atoms with E-state index < -0.39 is 37.3 Å². The molecule has 0 saturated carbocycles. The zero-order chi connectivity index (χ0) is 22.0. The molecule has 1 aromatic heterocycles. The number of aliphatic hydroxyl groups is 4. The van der Waals surface area contributed by atoms with Gasteiger partial charge in [0.05, 0.1) is 6.61 Å². The molecule has 0 unspecified atom stereocenters. The second-order valence-corrected chi connectivity index (χ2v) is 8.46. The molecule has 0 amide bonds. The normalized spacial score (nSPS) is 27.1. The maximum Gasteiger partial charge on any atom is 0.238 e. The van der Waals surface area contributed by atoms with Crippen molar-refractivity contribution in [2.45, 2.75) is 76.7 Å². The van der Waals surface area contributed by atoms with Gasteiger partial charge in [0.25, 0.3) is 0 Å². The number of nitrogens with zero attached hydrogens (tertiary/aromatic N) is 1. The van der Waals surface area contributed by atoms with E-state index in [1.165, 1.54) is 5.56 Å². The molecule has 0 radical (unpaired) electrons. The van der Waals surface area contributed by atoms with Crippen LogP contribution in [0.2, 0.25) is 0 Å². The Morgan fingerprint density at radius 3 is 2.23 bits per heavy atom. The van der Waals surface area contributed by atoms with Crippen LogP contribution in [0.4, 0.5) is 0 Å². The summed E-state index contributed by atoms with van der Waals surface area (Å²) in [6.07, 6.45) is -6.17. The third-order valence-corrected chi connectivity index (χ3v) is 5.54. The Balaban J connectivity index is 1.85. The molecule has 5 atom stereocenters. The van der Waals surface area contributed by atoms with Crippen molar-refractivity contribution in [2.24, 2.45) is 0 Å². The fraction of sp³-hybridized carbons (Fsp3) is 0.591. The molecule has 5 N–H and O–H groups in total. The van der Waals surface area contributed by atoms with Gasteiger partial charge in [-0.1, -0.05) is 52.0 Å². The third-order valence-electron chi connectivity index (χ3n) is 5.54. The predicted molar refractivity (Wildman–Crippen MR) is 110 cm³/mol. The van der Waals surface area contributed by atoms with Gasteiger partial charge in [-0.2, -0.15) is 0 Å². The summed E-state index contributed by atoms with van der Waals surface area (Å²) >= 11 is 0.